The summed E-state index contributed by atoms with van der Waals surface area (Å²) >= 11 is 4.23. The van der Waals surface area contributed by atoms with Crippen molar-refractivity contribution < 1.29 is 9.53 Å². The number of nitrogen functional groups attached to an aromatic ring is 1. The Morgan fingerprint density at radius 1 is 1.23 bits per heavy atom. The number of nitrogens with one attached hydrogen (secondary N) is 1. The van der Waals surface area contributed by atoms with Crippen LogP contribution in [0, 0.1) is 5.92 Å². The zero-order valence-electron chi connectivity index (χ0n) is 14.6. The minimum absolute atomic E-state index is 0.0940. The standard InChI is InChI=1S/C21H22N2O2S/c1-14-11-17(25-13-15-5-3-2-4-6-15)8-9-19(14)23-21(24)16-7-10-20(26)18(22)12-16/h2-12,14,19,26H,13,22H2,1H3,(H,23,24). The van der Waals surface area contributed by atoms with Crippen LogP contribution in [0.25, 0.3) is 0 Å². The molecule has 0 radical (unpaired) electrons. The predicted octanol–water partition coefficient (Wildman–Crippen LogP) is 3.96. The number of carbonyl (C=O) groups excluding carboxylic acids is 1. The van der Waals surface area contributed by atoms with Gasteiger partial charge in [-0.1, -0.05) is 43.3 Å². The Kier molecular flexibility index (Phi) is 5.68. The van der Waals surface area contributed by atoms with Gasteiger partial charge in [0.15, 0.2) is 0 Å². The van der Waals surface area contributed by atoms with E-state index in [0.29, 0.717) is 22.8 Å². The minimum atomic E-state index is -0.159. The largest absolute Gasteiger partial charge is 0.489 e. The van der Waals surface area contributed by atoms with E-state index in [1.165, 1.54) is 0 Å². The van der Waals surface area contributed by atoms with Crippen LogP contribution in [0.2, 0.25) is 0 Å². The third-order valence-electron chi connectivity index (χ3n) is 4.30. The summed E-state index contributed by atoms with van der Waals surface area (Å²) in [7, 11) is 0. The molecule has 0 spiro atoms. The molecule has 3 N–H and O–H groups in total. The van der Waals surface area contributed by atoms with Crippen molar-refractivity contribution in [2.75, 3.05) is 5.73 Å². The average Bonchev–Trinajstić information content (AvgIpc) is 2.65. The van der Waals surface area contributed by atoms with E-state index in [1.807, 2.05) is 55.5 Å². The molecule has 0 bridgehead atoms. The highest BCUT2D eigenvalue weighted by molar-refractivity contribution is 7.80. The van der Waals surface area contributed by atoms with Crippen LogP contribution in [0.5, 0.6) is 0 Å². The molecule has 0 fully saturated rings. The van der Waals surface area contributed by atoms with Crippen LogP contribution in [0.3, 0.4) is 0 Å². The first kappa shape index (κ1) is 18.1. The monoisotopic (exact) mass is 366 g/mol. The summed E-state index contributed by atoms with van der Waals surface area (Å²) in [5, 5.41) is 3.02. The summed E-state index contributed by atoms with van der Waals surface area (Å²) in [5.74, 6) is 0.778. The Labute approximate surface area is 159 Å². The van der Waals surface area contributed by atoms with Crippen molar-refractivity contribution in [1.82, 2.24) is 5.32 Å². The van der Waals surface area contributed by atoms with Crippen molar-refractivity contribution in [3.8, 4) is 0 Å². The highest BCUT2D eigenvalue weighted by atomic mass is 32.1. The summed E-state index contributed by atoms with van der Waals surface area (Å²) in [6.07, 6.45) is 5.89. The lowest BCUT2D eigenvalue weighted by Crippen LogP contribution is -2.38. The van der Waals surface area contributed by atoms with Crippen LogP contribution >= 0.6 is 12.6 Å². The zero-order valence-corrected chi connectivity index (χ0v) is 15.4. The Balaban J connectivity index is 1.58. The second-order valence-electron chi connectivity index (χ2n) is 6.33. The van der Waals surface area contributed by atoms with Crippen LogP contribution in [0.4, 0.5) is 5.69 Å². The molecule has 0 aromatic heterocycles. The van der Waals surface area contributed by atoms with Gasteiger partial charge < -0.3 is 15.8 Å². The fourth-order valence-corrected chi connectivity index (χ4v) is 2.88. The van der Waals surface area contributed by atoms with E-state index >= 15 is 0 Å². The number of rotatable bonds is 5. The maximum Gasteiger partial charge on any atom is 0.251 e. The lowest BCUT2D eigenvalue weighted by Gasteiger charge is -2.24. The zero-order chi connectivity index (χ0) is 18.5. The fraction of sp³-hybridized carbons (Fsp3) is 0.190. The van der Waals surface area contributed by atoms with Crippen molar-refractivity contribution in [3.63, 3.8) is 0 Å². The minimum Gasteiger partial charge on any atom is -0.489 e. The molecule has 5 heteroatoms. The van der Waals surface area contributed by atoms with Crippen molar-refractivity contribution in [2.24, 2.45) is 5.92 Å². The molecule has 0 saturated carbocycles. The van der Waals surface area contributed by atoms with Gasteiger partial charge in [-0.15, -0.1) is 12.6 Å². The van der Waals surface area contributed by atoms with Crippen LogP contribution in [-0.4, -0.2) is 11.9 Å². The molecule has 0 heterocycles. The molecule has 2 atom stereocenters. The normalized spacial score (nSPS) is 18.9. The lowest BCUT2D eigenvalue weighted by molar-refractivity contribution is 0.0937. The van der Waals surface area contributed by atoms with Gasteiger partial charge in [0, 0.05) is 22.1 Å². The predicted molar refractivity (Wildman–Crippen MR) is 107 cm³/mol. The Morgan fingerprint density at radius 2 is 2.00 bits per heavy atom. The van der Waals surface area contributed by atoms with E-state index in [-0.39, 0.29) is 17.9 Å². The van der Waals surface area contributed by atoms with Gasteiger partial charge in [-0.05, 0) is 35.9 Å². The molecule has 0 aliphatic heterocycles. The quantitative estimate of drug-likeness (QED) is 0.554. The molecule has 0 saturated heterocycles. The van der Waals surface area contributed by atoms with Gasteiger partial charge in [0.1, 0.15) is 12.4 Å². The summed E-state index contributed by atoms with van der Waals surface area (Å²) in [6, 6.07) is 15.0. The molecule has 2 aromatic rings. The van der Waals surface area contributed by atoms with Crippen molar-refractivity contribution in [1.29, 1.82) is 0 Å². The van der Waals surface area contributed by atoms with Gasteiger partial charge >= 0.3 is 0 Å². The van der Waals surface area contributed by atoms with E-state index < -0.39 is 0 Å². The number of thiol groups is 1. The molecule has 1 amide bonds. The summed E-state index contributed by atoms with van der Waals surface area (Å²) in [6.45, 7) is 2.57. The summed E-state index contributed by atoms with van der Waals surface area (Å²) in [4.78, 5) is 13.1. The van der Waals surface area contributed by atoms with Crippen LogP contribution in [-0.2, 0) is 11.3 Å². The van der Waals surface area contributed by atoms with Crippen molar-refractivity contribution in [3.05, 3.63) is 83.6 Å². The smallest absolute Gasteiger partial charge is 0.251 e. The van der Waals surface area contributed by atoms with Gasteiger partial charge in [0.05, 0.1) is 6.04 Å². The first-order chi connectivity index (χ1) is 12.5. The number of benzene rings is 2. The fourth-order valence-electron chi connectivity index (χ4n) is 2.74. The van der Waals surface area contributed by atoms with Crippen LogP contribution in [0.1, 0.15) is 22.8 Å². The highest BCUT2D eigenvalue weighted by Crippen LogP contribution is 2.21. The molecule has 2 unspecified atom stereocenters. The molecule has 3 rings (SSSR count). The second-order valence-corrected chi connectivity index (χ2v) is 6.82. The maximum absolute atomic E-state index is 12.4. The van der Waals surface area contributed by atoms with Crippen LogP contribution in [0.15, 0.2) is 77.4 Å². The highest BCUT2D eigenvalue weighted by Gasteiger charge is 2.20. The van der Waals surface area contributed by atoms with Gasteiger partial charge in [-0.2, -0.15) is 0 Å². The lowest BCUT2D eigenvalue weighted by atomic mass is 9.96. The molecule has 26 heavy (non-hydrogen) atoms. The first-order valence-corrected chi connectivity index (χ1v) is 8.94. The van der Waals surface area contributed by atoms with E-state index in [1.54, 1.807) is 18.2 Å². The molecule has 4 nitrogen and oxygen atoms in total. The number of amides is 1. The SMILES string of the molecule is CC1C=C(OCc2ccccc2)C=CC1NC(=O)c1ccc(S)c(N)c1. The molecule has 2 aromatic carbocycles. The van der Waals surface area contributed by atoms with E-state index in [2.05, 4.69) is 17.9 Å². The van der Waals surface area contributed by atoms with Gasteiger partial charge in [0.2, 0.25) is 0 Å². The topological polar surface area (TPSA) is 64.3 Å². The second kappa shape index (κ2) is 8.15. The van der Waals surface area contributed by atoms with E-state index in [0.717, 1.165) is 11.3 Å². The van der Waals surface area contributed by atoms with Gasteiger partial charge in [0.25, 0.3) is 5.91 Å². The van der Waals surface area contributed by atoms with Gasteiger partial charge in [-0.25, -0.2) is 0 Å². The number of hydrogen-bond acceptors (Lipinski definition) is 4. The molecule has 1 aliphatic carbocycles. The van der Waals surface area contributed by atoms with Crippen molar-refractivity contribution in [2.45, 2.75) is 24.5 Å². The third-order valence-corrected chi connectivity index (χ3v) is 4.70. The van der Waals surface area contributed by atoms with Crippen LogP contribution < -0.4 is 11.1 Å². The van der Waals surface area contributed by atoms with Gasteiger partial charge in [-0.3, -0.25) is 4.79 Å². The number of nitrogens with two attached hydrogens (primary N) is 1. The molecule has 1 aliphatic rings. The number of carbonyl (C=O) groups is 1. The third kappa shape index (κ3) is 4.49. The maximum atomic E-state index is 12.4. The molecule has 134 valence electrons. The number of hydrogen-bond donors (Lipinski definition) is 3. The number of allylic oxidation sites excluding steroid dienone is 1. The Morgan fingerprint density at radius 3 is 2.69 bits per heavy atom. The Bertz CT molecular complexity index is 846. The number of ether oxygens (including phenoxy) is 1. The first-order valence-electron chi connectivity index (χ1n) is 8.49. The summed E-state index contributed by atoms with van der Waals surface area (Å²) < 4.78 is 5.84. The number of anilines is 1. The van der Waals surface area contributed by atoms with Crippen molar-refractivity contribution >= 4 is 24.2 Å². The van der Waals surface area contributed by atoms with E-state index in [4.69, 9.17) is 10.5 Å². The average molecular weight is 366 g/mol. The van der Waals surface area contributed by atoms with E-state index in [9.17, 15) is 4.79 Å². The molecular weight excluding hydrogens is 344 g/mol. The summed E-state index contributed by atoms with van der Waals surface area (Å²) in [5.41, 5.74) is 7.96. The molecular formula is C21H22N2O2S. The Hall–Kier alpha value is -2.66.